The number of ether oxygens (including phenoxy) is 1. The Morgan fingerprint density at radius 1 is 1.25 bits per heavy atom. The van der Waals surface area contributed by atoms with Gasteiger partial charge in [-0.05, 0) is 49.7 Å². The van der Waals surface area contributed by atoms with Gasteiger partial charge in [-0.1, -0.05) is 11.6 Å². The molecule has 0 bridgehead atoms. The number of aromatic nitrogens is 1. The molecule has 1 heterocycles. The van der Waals surface area contributed by atoms with Crippen LogP contribution in [0.1, 0.15) is 19.9 Å². The molecular formula is C15H17ClN2O2. The van der Waals surface area contributed by atoms with Crippen molar-refractivity contribution in [3.63, 3.8) is 0 Å². The van der Waals surface area contributed by atoms with Crippen LogP contribution in [0.25, 0.3) is 11.3 Å². The fourth-order valence-electron chi connectivity index (χ4n) is 2.14. The van der Waals surface area contributed by atoms with Crippen molar-refractivity contribution in [2.75, 3.05) is 12.8 Å². The van der Waals surface area contributed by atoms with Gasteiger partial charge in [-0.2, -0.15) is 0 Å². The average molecular weight is 293 g/mol. The molecule has 2 aromatic rings. The SMILES string of the molecule is COc1ccc(-c2ccc(N)c(=O)n2C(C)C)cc1Cl. The molecule has 0 saturated carbocycles. The van der Waals surface area contributed by atoms with E-state index in [0.717, 1.165) is 11.3 Å². The Kier molecular flexibility index (Phi) is 4.04. The second-order valence-corrected chi connectivity index (χ2v) is 5.20. The first kappa shape index (κ1) is 14.5. The number of anilines is 1. The van der Waals surface area contributed by atoms with Gasteiger partial charge < -0.3 is 15.0 Å². The Labute approximate surface area is 122 Å². The van der Waals surface area contributed by atoms with Crippen LogP contribution in [0.15, 0.2) is 35.1 Å². The summed E-state index contributed by atoms with van der Waals surface area (Å²) in [7, 11) is 1.56. The van der Waals surface area contributed by atoms with Gasteiger partial charge in [0.2, 0.25) is 0 Å². The summed E-state index contributed by atoms with van der Waals surface area (Å²) in [5, 5.41) is 0.504. The van der Waals surface area contributed by atoms with Crippen molar-refractivity contribution in [3.8, 4) is 17.0 Å². The molecule has 20 heavy (non-hydrogen) atoms. The van der Waals surface area contributed by atoms with Crippen molar-refractivity contribution < 1.29 is 4.74 Å². The first-order valence-electron chi connectivity index (χ1n) is 6.30. The second-order valence-electron chi connectivity index (χ2n) is 4.79. The summed E-state index contributed by atoms with van der Waals surface area (Å²) in [6.07, 6.45) is 0. The number of pyridine rings is 1. The maximum Gasteiger partial charge on any atom is 0.274 e. The zero-order valence-electron chi connectivity index (χ0n) is 11.7. The van der Waals surface area contributed by atoms with Crippen LogP contribution in [0.5, 0.6) is 5.75 Å². The number of nitrogens with two attached hydrogens (primary N) is 1. The molecule has 0 saturated heterocycles. The Hall–Kier alpha value is -1.94. The number of nitrogen functional groups attached to an aromatic ring is 1. The van der Waals surface area contributed by atoms with Crippen LogP contribution < -0.4 is 16.0 Å². The largest absolute Gasteiger partial charge is 0.495 e. The van der Waals surface area contributed by atoms with Crippen LogP contribution in [0.3, 0.4) is 0 Å². The van der Waals surface area contributed by atoms with Crippen LogP contribution in [0.2, 0.25) is 5.02 Å². The van der Waals surface area contributed by atoms with E-state index in [1.807, 2.05) is 26.0 Å². The molecule has 0 atom stereocenters. The van der Waals surface area contributed by atoms with Crippen molar-refractivity contribution >= 4 is 17.3 Å². The Bertz CT molecular complexity index is 693. The molecule has 5 heteroatoms. The molecule has 0 unspecified atom stereocenters. The van der Waals surface area contributed by atoms with E-state index < -0.39 is 0 Å². The maximum absolute atomic E-state index is 12.2. The average Bonchev–Trinajstić information content (AvgIpc) is 2.41. The van der Waals surface area contributed by atoms with E-state index in [4.69, 9.17) is 22.1 Å². The number of hydrogen-bond donors (Lipinski definition) is 1. The molecule has 2 N–H and O–H groups in total. The molecule has 4 nitrogen and oxygen atoms in total. The number of rotatable bonds is 3. The summed E-state index contributed by atoms with van der Waals surface area (Å²) >= 11 is 6.15. The molecule has 0 amide bonds. The third-order valence-corrected chi connectivity index (χ3v) is 3.41. The smallest absolute Gasteiger partial charge is 0.274 e. The summed E-state index contributed by atoms with van der Waals surface area (Å²) in [4.78, 5) is 12.2. The quantitative estimate of drug-likeness (QED) is 0.944. The van der Waals surface area contributed by atoms with E-state index >= 15 is 0 Å². The Morgan fingerprint density at radius 3 is 2.50 bits per heavy atom. The second kappa shape index (κ2) is 5.59. The van der Waals surface area contributed by atoms with Gasteiger partial charge in [-0.3, -0.25) is 4.79 Å². The van der Waals surface area contributed by atoms with Gasteiger partial charge in [0.1, 0.15) is 5.75 Å². The topological polar surface area (TPSA) is 57.2 Å². The van der Waals surface area contributed by atoms with Crippen LogP contribution in [0.4, 0.5) is 5.69 Å². The number of halogens is 1. The van der Waals surface area contributed by atoms with E-state index in [1.165, 1.54) is 0 Å². The van der Waals surface area contributed by atoms with Gasteiger partial charge in [0.15, 0.2) is 0 Å². The van der Waals surface area contributed by atoms with Crippen LogP contribution >= 0.6 is 11.6 Å². The van der Waals surface area contributed by atoms with E-state index in [9.17, 15) is 4.79 Å². The first-order valence-corrected chi connectivity index (χ1v) is 6.68. The summed E-state index contributed by atoms with van der Waals surface area (Å²) in [5.41, 5.74) is 7.38. The fraction of sp³-hybridized carbons (Fsp3) is 0.267. The summed E-state index contributed by atoms with van der Waals surface area (Å²) in [5.74, 6) is 0.601. The first-order chi connectivity index (χ1) is 9.45. The number of benzene rings is 1. The minimum atomic E-state index is -0.190. The van der Waals surface area contributed by atoms with E-state index in [-0.39, 0.29) is 17.3 Å². The zero-order valence-corrected chi connectivity index (χ0v) is 12.4. The molecule has 0 spiro atoms. The molecule has 0 aliphatic carbocycles. The highest BCUT2D eigenvalue weighted by Gasteiger charge is 2.13. The highest BCUT2D eigenvalue weighted by Crippen LogP contribution is 2.30. The molecule has 0 fully saturated rings. The normalized spacial score (nSPS) is 10.8. The number of hydrogen-bond acceptors (Lipinski definition) is 3. The lowest BCUT2D eigenvalue weighted by Gasteiger charge is -2.17. The van der Waals surface area contributed by atoms with Gasteiger partial charge in [-0.25, -0.2) is 0 Å². The third kappa shape index (κ3) is 2.51. The predicted molar refractivity (Wildman–Crippen MR) is 82.5 cm³/mol. The van der Waals surface area contributed by atoms with Crippen molar-refractivity contribution in [2.45, 2.75) is 19.9 Å². The van der Waals surface area contributed by atoms with Crippen molar-refractivity contribution in [3.05, 3.63) is 45.7 Å². The molecule has 2 rings (SSSR count). The van der Waals surface area contributed by atoms with Crippen LogP contribution in [-0.4, -0.2) is 11.7 Å². The van der Waals surface area contributed by atoms with E-state index in [2.05, 4.69) is 0 Å². The minimum absolute atomic E-state index is 0.00174. The standard InChI is InChI=1S/C15H17ClN2O2/c1-9(2)18-13(6-5-12(17)15(18)19)10-4-7-14(20-3)11(16)8-10/h4-9H,17H2,1-3H3. The Balaban J connectivity index is 2.67. The van der Waals surface area contributed by atoms with Crippen LogP contribution in [0, 0.1) is 0 Å². The minimum Gasteiger partial charge on any atom is -0.495 e. The lowest BCUT2D eigenvalue weighted by molar-refractivity contribution is 0.415. The van der Waals surface area contributed by atoms with E-state index in [0.29, 0.717) is 10.8 Å². The lowest BCUT2D eigenvalue weighted by Crippen LogP contribution is -2.25. The lowest BCUT2D eigenvalue weighted by atomic mass is 10.1. The predicted octanol–water partition coefficient (Wildman–Crippen LogP) is 3.34. The summed E-state index contributed by atoms with van der Waals surface area (Å²) < 4.78 is 6.80. The van der Waals surface area contributed by atoms with Crippen molar-refractivity contribution in [1.82, 2.24) is 4.57 Å². The van der Waals surface area contributed by atoms with E-state index in [1.54, 1.807) is 29.9 Å². The molecule has 106 valence electrons. The molecule has 0 aliphatic heterocycles. The summed E-state index contributed by atoms with van der Waals surface area (Å²) in [6, 6.07) is 8.88. The van der Waals surface area contributed by atoms with Gasteiger partial charge in [0.05, 0.1) is 23.5 Å². The van der Waals surface area contributed by atoms with Gasteiger partial charge in [-0.15, -0.1) is 0 Å². The molecule has 0 aliphatic rings. The highest BCUT2D eigenvalue weighted by molar-refractivity contribution is 6.32. The summed E-state index contributed by atoms with van der Waals surface area (Å²) in [6.45, 7) is 3.88. The zero-order chi connectivity index (χ0) is 14.9. The monoisotopic (exact) mass is 292 g/mol. The molecular weight excluding hydrogens is 276 g/mol. The molecule has 1 aromatic carbocycles. The van der Waals surface area contributed by atoms with Gasteiger partial charge >= 0.3 is 0 Å². The van der Waals surface area contributed by atoms with Crippen molar-refractivity contribution in [2.24, 2.45) is 0 Å². The number of nitrogens with zero attached hydrogens (tertiary/aromatic N) is 1. The van der Waals surface area contributed by atoms with Crippen LogP contribution in [-0.2, 0) is 0 Å². The maximum atomic E-state index is 12.2. The fourth-order valence-corrected chi connectivity index (χ4v) is 2.40. The van der Waals surface area contributed by atoms with Gasteiger partial charge in [0.25, 0.3) is 5.56 Å². The Morgan fingerprint density at radius 2 is 1.95 bits per heavy atom. The molecule has 0 radical (unpaired) electrons. The number of methoxy groups -OCH3 is 1. The van der Waals surface area contributed by atoms with Gasteiger partial charge in [0, 0.05) is 6.04 Å². The van der Waals surface area contributed by atoms with Crippen molar-refractivity contribution in [1.29, 1.82) is 0 Å². The third-order valence-electron chi connectivity index (χ3n) is 3.11. The highest BCUT2D eigenvalue weighted by atomic mass is 35.5. The molecule has 1 aromatic heterocycles.